The van der Waals surface area contributed by atoms with Crippen LogP contribution in [-0.2, 0) is 0 Å². The summed E-state index contributed by atoms with van der Waals surface area (Å²) < 4.78 is 5.47. The van der Waals surface area contributed by atoms with Gasteiger partial charge in [0.05, 0.1) is 6.26 Å². The van der Waals surface area contributed by atoms with E-state index in [1.807, 2.05) is 30.2 Å². The summed E-state index contributed by atoms with van der Waals surface area (Å²) in [4.78, 5) is 22.5. The third kappa shape index (κ3) is 8.17. The molecule has 0 spiro atoms. The maximum absolute atomic E-state index is 13.4. The number of carbonyl (C=O) groups excluding carboxylic acids is 1. The number of hydrogen-bond donors (Lipinski definition) is 0. The fourth-order valence-corrected chi connectivity index (χ4v) is 6.61. The number of pyridine rings is 1. The molecule has 1 aliphatic heterocycles. The van der Waals surface area contributed by atoms with Crippen molar-refractivity contribution >= 4 is 11.7 Å². The van der Waals surface area contributed by atoms with Crippen molar-refractivity contribution in [3.05, 3.63) is 48.0 Å². The summed E-state index contributed by atoms with van der Waals surface area (Å²) in [6.07, 6.45) is 22.4. The fraction of sp³-hybridized carbons (Fsp3) is 0.688. The van der Waals surface area contributed by atoms with E-state index in [0.29, 0.717) is 5.76 Å². The molecule has 2 fully saturated rings. The number of aromatic nitrogens is 1. The smallest absolute Gasteiger partial charge is 0.295 e. The van der Waals surface area contributed by atoms with Crippen LogP contribution < -0.4 is 4.90 Å². The topological polar surface area (TPSA) is 49.6 Å². The molecular formula is C32H49N3O2. The Hall–Kier alpha value is -2.14. The average Bonchev–Trinajstić information content (AvgIpc) is 3.48. The standard InChI is InChI=1S/C32H49N3O2/c1-3-4-5-7-12-28(27-13-8-6-9-14-27)15-10-21-34-22-19-29(20-23-34)35(31-18-17-26(2)25-33-31)32(36)30-16-11-24-37-30/h11,16-18,24-25,27-29H,3-10,12-15,19-23H2,1-2H3. The summed E-state index contributed by atoms with van der Waals surface area (Å²) in [6, 6.07) is 7.68. The van der Waals surface area contributed by atoms with Crippen LogP contribution in [0, 0.1) is 18.8 Å². The average molecular weight is 508 g/mol. The van der Waals surface area contributed by atoms with Gasteiger partial charge in [-0.2, -0.15) is 0 Å². The Morgan fingerprint density at radius 2 is 1.81 bits per heavy atom. The van der Waals surface area contributed by atoms with Crippen LogP contribution in [0.15, 0.2) is 41.1 Å². The predicted octanol–water partition coefficient (Wildman–Crippen LogP) is 8.04. The Morgan fingerprint density at radius 1 is 1.03 bits per heavy atom. The van der Waals surface area contributed by atoms with E-state index in [4.69, 9.17) is 4.42 Å². The number of piperidine rings is 1. The van der Waals surface area contributed by atoms with Gasteiger partial charge in [-0.25, -0.2) is 4.98 Å². The molecule has 5 heteroatoms. The van der Waals surface area contributed by atoms with Gasteiger partial charge in [-0.15, -0.1) is 0 Å². The summed E-state index contributed by atoms with van der Waals surface area (Å²) >= 11 is 0. The fourth-order valence-electron chi connectivity index (χ4n) is 6.61. The maximum Gasteiger partial charge on any atom is 0.295 e. The number of amides is 1. The number of aryl methyl sites for hydroxylation is 1. The number of nitrogens with zero attached hydrogens (tertiary/aromatic N) is 3. The first kappa shape index (κ1) is 27.9. The molecule has 4 rings (SSSR count). The monoisotopic (exact) mass is 507 g/mol. The van der Waals surface area contributed by atoms with E-state index >= 15 is 0 Å². The van der Waals surface area contributed by atoms with Crippen molar-refractivity contribution in [2.75, 3.05) is 24.5 Å². The Kier molecular flexibility index (Phi) is 11.1. The second-order valence-corrected chi connectivity index (χ2v) is 11.6. The molecule has 0 radical (unpaired) electrons. The van der Waals surface area contributed by atoms with E-state index in [1.54, 1.807) is 18.4 Å². The lowest BCUT2D eigenvalue weighted by molar-refractivity contribution is 0.0931. The molecule has 0 aromatic carbocycles. The molecule has 2 aromatic rings. The zero-order chi connectivity index (χ0) is 25.9. The number of carbonyl (C=O) groups is 1. The van der Waals surface area contributed by atoms with Crippen molar-refractivity contribution in [1.82, 2.24) is 9.88 Å². The van der Waals surface area contributed by atoms with Gasteiger partial charge in [-0.05, 0) is 74.8 Å². The minimum atomic E-state index is -0.0850. The van der Waals surface area contributed by atoms with Gasteiger partial charge < -0.3 is 9.32 Å². The van der Waals surface area contributed by atoms with Gasteiger partial charge in [0.1, 0.15) is 5.82 Å². The largest absolute Gasteiger partial charge is 0.459 e. The van der Waals surface area contributed by atoms with E-state index in [9.17, 15) is 4.79 Å². The van der Waals surface area contributed by atoms with E-state index in [1.165, 1.54) is 83.6 Å². The van der Waals surface area contributed by atoms with Gasteiger partial charge in [0.25, 0.3) is 5.91 Å². The van der Waals surface area contributed by atoms with Crippen LogP contribution in [-0.4, -0.2) is 41.5 Å². The molecule has 0 N–H and O–H groups in total. The second kappa shape index (κ2) is 14.7. The maximum atomic E-state index is 13.4. The minimum Gasteiger partial charge on any atom is -0.459 e. The van der Waals surface area contributed by atoms with Crippen LogP contribution in [0.3, 0.4) is 0 Å². The molecule has 2 aromatic heterocycles. The van der Waals surface area contributed by atoms with Gasteiger partial charge in [0.2, 0.25) is 0 Å². The number of anilines is 1. The predicted molar refractivity (Wildman–Crippen MR) is 152 cm³/mol. The van der Waals surface area contributed by atoms with Gasteiger partial charge in [0, 0.05) is 25.3 Å². The van der Waals surface area contributed by atoms with Crippen molar-refractivity contribution in [2.45, 2.75) is 110 Å². The summed E-state index contributed by atoms with van der Waals surface area (Å²) in [5.41, 5.74) is 1.10. The van der Waals surface area contributed by atoms with E-state index in [2.05, 4.69) is 16.8 Å². The van der Waals surface area contributed by atoms with Crippen molar-refractivity contribution in [2.24, 2.45) is 11.8 Å². The quantitative estimate of drug-likeness (QED) is 0.257. The lowest BCUT2D eigenvalue weighted by atomic mass is 9.76. The summed E-state index contributed by atoms with van der Waals surface area (Å²) in [5, 5.41) is 0. The van der Waals surface area contributed by atoms with E-state index < -0.39 is 0 Å². The first-order valence-corrected chi connectivity index (χ1v) is 15.2. The highest BCUT2D eigenvalue weighted by molar-refractivity contribution is 6.04. The lowest BCUT2D eigenvalue weighted by Crippen LogP contribution is -2.48. The molecule has 1 saturated carbocycles. The number of likely N-dealkylation sites (tertiary alicyclic amines) is 1. The van der Waals surface area contributed by atoms with Crippen molar-refractivity contribution in [3.63, 3.8) is 0 Å². The minimum absolute atomic E-state index is 0.0850. The normalized spacial score (nSPS) is 18.6. The van der Waals surface area contributed by atoms with Crippen molar-refractivity contribution in [1.29, 1.82) is 0 Å². The van der Waals surface area contributed by atoms with Crippen molar-refractivity contribution in [3.8, 4) is 0 Å². The van der Waals surface area contributed by atoms with Gasteiger partial charge >= 0.3 is 0 Å². The zero-order valence-corrected chi connectivity index (χ0v) is 23.4. The summed E-state index contributed by atoms with van der Waals surface area (Å²) in [6.45, 7) is 7.62. The van der Waals surface area contributed by atoms with Crippen LogP contribution in [0.1, 0.15) is 113 Å². The molecule has 1 unspecified atom stereocenters. The number of unbranched alkanes of at least 4 members (excludes halogenated alkanes) is 3. The molecule has 2 aliphatic rings. The van der Waals surface area contributed by atoms with Crippen LogP contribution in [0.5, 0.6) is 0 Å². The van der Waals surface area contributed by atoms with E-state index in [0.717, 1.165) is 49.1 Å². The second-order valence-electron chi connectivity index (χ2n) is 11.6. The Labute approximate surface area is 225 Å². The molecule has 1 amide bonds. The molecule has 204 valence electrons. The number of furan rings is 1. The molecule has 0 bridgehead atoms. The Bertz CT molecular complexity index is 897. The highest BCUT2D eigenvalue weighted by Crippen LogP contribution is 2.35. The van der Waals surface area contributed by atoms with Crippen molar-refractivity contribution < 1.29 is 9.21 Å². The van der Waals surface area contributed by atoms with E-state index in [-0.39, 0.29) is 11.9 Å². The Morgan fingerprint density at radius 3 is 2.49 bits per heavy atom. The number of rotatable bonds is 13. The Balaban J connectivity index is 1.29. The van der Waals surface area contributed by atoms with Crippen LogP contribution >= 0.6 is 0 Å². The van der Waals surface area contributed by atoms with Gasteiger partial charge in [-0.3, -0.25) is 9.69 Å². The third-order valence-corrected chi connectivity index (χ3v) is 8.81. The third-order valence-electron chi connectivity index (χ3n) is 8.81. The molecule has 37 heavy (non-hydrogen) atoms. The molecule has 1 saturated heterocycles. The molecule has 1 aliphatic carbocycles. The number of hydrogen-bond acceptors (Lipinski definition) is 4. The van der Waals surface area contributed by atoms with Crippen LogP contribution in [0.2, 0.25) is 0 Å². The highest BCUT2D eigenvalue weighted by Gasteiger charge is 2.32. The molecule has 1 atom stereocenters. The highest BCUT2D eigenvalue weighted by atomic mass is 16.3. The first-order chi connectivity index (χ1) is 18.2. The molecular weight excluding hydrogens is 458 g/mol. The lowest BCUT2D eigenvalue weighted by Gasteiger charge is -2.38. The SMILES string of the molecule is CCCCCCC(CCCN1CCC(N(C(=O)c2ccco2)c2ccc(C)cn2)CC1)C1CCCCC1. The van der Waals surface area contributed by atoms with Gasteiger partial charge in [0.15, 0.2) is 5.76 Å². The van der Waals surface area contributed by atoms with Gasteiger partial charge in [-0.1, -0.05) is 77.2 Å². The first-order valence-electron chi connectivity index (χ1n) is 15.2. The zero-order valence-electron chi connectivity index (χ0n) is 23.4. The molecule has 5 nitrogen and oxygen atoms in total. The molecule has 3 heterocycles. The van der Waals surface area contributed by atoms with Crippen LogP contribution in [0.4, 0.5) is 5.82 Å². The summed E-state index contributed by atoms with van der Waals surface area (Å²) in [7, 11) is 0. The van der Waals surface area contributed by atoms with Crippen LogP contribution in [0.25, 0.3) is 0 Å². The summed E-state index contributed by atoms with van der Waals surface area (Å²) in [5.74, 6) is 2.94.